The zero-order chi connectivity index (χ0) is 13.0. The van der Waals surface area contributed by atoms with Gasteiger partial charge < -0.3 is 4.74 Å². The third-order valence-corrected chi connectivity index (χ3v) is 4.27. The van der Waals surface area contributed by atoms with Crippen LogP contribution in [0.5, 0.6) is 0 Å². The fourth-order valence-corrected chi connectivity index (χ4v) is 3.27. The normalized spacial score (nSPS) is 27.6. The standard InChI is InChI=1S/C14H23N3O/c1-13(2,3)18-10-14-6-5-7-17(14)9-12-11(14)8-15-16(12)4/h8H,5-7,9-10H2,1-4H3. The molecule has 3 heterocycles. The van der Waals surface area contributed by atoms with Crippen molar-refractivity contribution in [3.8, 4) is 0 Å². The van der Waals surface area contributed by atoms with Gasteiger partial charge in [0, 0.05) is 19.2 Å². The summed E-state index contributed by atoms with van der Waals surface area (Å²) in [5.41, 5.74) is 2.78. The highest BCUT2D eigenvalue weighted by atomic mass is 16.5. The summed E-state index contributed by atoms with van der Waals surface area (Å²) in [6, 6.07) is 0. The maximum absolute atomic E-state index is 6.11. The third kappa shape index (κ3) is 1.70. The highest BCUT2D eigenvalue weighted by Crippen LogP contribution is 2.47. The van der Waals surface area contributed by atoms with E-state index in [0.29, 0.717) is 0 Å². The van der Waals surface area contributed by atoms with Crippen LogP contribution in [0.15, 0.2) is 6.20 Å². The fraction of sp³-hybridized carbons (Fsp3) is 0.786. The van der Waals surface area contributed by atoms with E-state index in [2.05, 4.69) is 30.8 Å². The van der Waals surface area contributed by atoms with Gasteiger partial charge in [0.2, 0.25) is 0 Å². The first-order chi connectivity index (χ1) is 8.42. The van der Waals surface area contributed by atoms with E-state index in [-0.39, 0.29) is 11.1 Å². The Morgan fingerprint density at radius 1 is 1.44 bits per heavy atom. The number of fused-ring (bicyclic) bond motifs is 3. The second-order valence-corrected chi connectivity index (χ2v) is 6.59. The van der Waals surface area contributed by atoms with Gasteiger partial charge >= 0.3 is 0 Å². The monoisotopic (exact) mass is 249 g/mol. The fourth-order valence-electron chi connectivity index (χ4n) is 3.27. The Kier molecular flexibility index (Phi) is 2.58. The van der Waals surface area contributed by atoms with Crippen LogP contribution >= 0.6 is 0 Å². The van der Waals surface area contributed by atoms with E-state index in [1.807, 2.05) is 17.9 Å². The smallest absolute Gasteiger partial charge is 0.0735 e. The van der Waals surface area contributed by atoms with Crippen molar-refractivity contribution in [2.45, 2.75) is 51.3 Å². The first-order valence-corrected chi connectivity index (χ1v) is 6.83. The topological polar surface area (TPSA) is 30.3 Å². The van der Waals surface area contributed by atoms with Gasteiger partial charge in [0.1, 0.15) is 0 Å². The number of aryl methyl sites for hydroxylation is 1. The quantitative estimate of drug-likeness (QED) is 0.803. The van der Waals surface area contributed by atoms with Crippen molar-refractivity contribution in [1.29, 1.82) is 0 Å². The largest absolute Gasteiger partial charge is 0.374 e. The number of ether oxygens (including phenoxy) is 1. The molecule has 0 saturated carbocycles. The Balaban J connectivity index is 1.92. The second-order valence-electron chi connectivity index (χ2n) is 6.59. The summed E-state index contributed by atoms with van der Waals surface area (Å²) in [4.78, 5) is 2.57. The van der Waals surface area contributed by atoms with Gasteiger partial charge in [-0.1, -0.05) is 0 Å². The molecule has 18 heavy (non-hydrogen) atoms. The van der Waals surface area contributed by atoms with Gasteiger partial charge in [-0.05, 0) is 40.2 Å². The molecular weight excluding hydrogens is 226 g/mol. The lowest BCUT2D eigenvalue weighted by Gasteiger charge is -2.35. The minimum atomic E-state index is -0.0754. The molecule has 1 unspecified atom stereocenters. The molecular formula is C14H23N3O. The molecule has 1 saturated heterocycles. The Bertz CT molecular complexity index is 460. The first-order valence-electron chi connectivity index (χ1n) is 6.83. The van der Waals surface area contributed by atoms with E-state index in [4.69, 9.17) is 4.74 Å². The first kappa shape index (κ1) is 12.2. The molecule has 3 rings (SSSR count). The third-order valence-electron chi connectivity index (χ3n) is 4.27. The van der Waals surface area contributed by atoms with Crippen LogP contribution < -0.4 is 0 Å². The molecule has 0 amide bonds. The van der Waals surface area contributed by atoms with Crippen LogP contribution in [0.2, 0.25) is 0 Å². The SMILES string of the molecule is Cn1ncc2c1CN1CCCC21COC(C)(C)C. The summed E-state index contributed by atoms with van der Waals surface area (Å²) in [6.45, 7) is 9.38. The van der Waals surface area contributed by atoms with Crippen molar-refractivity contribution >= 4 is 0 Å². The van der Waals surface area contributed by atoms with E-state index in [1.54, 1.807) is 0 Å². The minimum Gasteiger partial charge on any atom is -0.374 e. The molecule has 4 nitrogen and oxygen atoms in total. The van der Waals surface area contributed by atoms with Crippen molar-refractivity contribution < 1.29 is 4.74 Å². The van der Waals surface area contributed by atoms with Gasteiger partial charge in [-0.15, -0.1) is 0 Å². The van der Waals surface area contributed by atoms with Crippen molar-refractivity contribution in [1.82, 2.24) is 14.7 Å². The number of aromatic nitrogens is 2. The molecule has 100 valence electrons. The van der Waals surface area contributed by atoms with Crippen molar-refractivity contribution in [2.24, 2.45) is 7.05 Å². The summed E-state index contributed by atoms with van der Waals surface area (Å²) >= 11 is 0. The van der Waals surface area contributed by atoms with Crippen LogP contribution in [0.25, 0.3) is 0 Å². The molecule has 1 aromatic heterocycles. The van der Waals surface area contributed by atoms with E-state index in [9.17, 15) is 0 Å². The molecule has 0 aromatic carbocycles. The number of hydrogen-bond donors (Lipinski definition) is 0. The molecule has 0 radical (unpaired) electrons. The average Bonchev–Trinajstić information content (AvgIpc) is 2.87. The van der Waals surface area contributed by atoms with Crippen molar-refractivity contribution in [2.75, 3.05) is 13.2 Å². The van der Waals surface area contributed by atoms with Gasteiger partial charge in [0.15, 0.2) is 0 Å². The van der Waals surface area contributed by atoms with Crippen LogP contribution in [-0.4, -0.2) is 33.4 Å². The van der Waals surface area contributed by atoms with E-state index in [1.165, 1.54) is 30.6 Å². The summed E-state index contributed by atoms with van der Waals surface area (Å²) in [5.74, 6) is 0. The van der Waals surface area contributed by atoms with Gasteiger partial charge in [-0.2, -0.15) is 5.10 Å². The molecule has 2 aliphatic rings. The maximum Gasteiger partial charge on any atom is 0.0735 e. The zero-order valence-corrected chi connectivity index (χ0v) is 11.9. The van der Waals surface area contributed by atoms with Crippen molar-refractivity contribution in [3.63, 3.8) is 0 Å². The van der Waals surface area contributed by atoms with E-state index < -0.39 is 0 Å². The Morgan fingerprint density at radius 3 is 2.94 bits per heavy atom. The highest BCUT2D eigenvalue weighted by Gasteiger charge is 2.50. The summed E-state index contributed by atoms with van der Waals surface area (Å²) in [6.07, 6.45) is 4.51. The average molecular weight is 249 g/mol. The lowest BCUT2D eigenvalue weighted by atomic mass is 9.91. The zero-order valence-electron chi connectivity index (χ0n) is 11.9. The predicted molar refractivity (Wildman–Crippen MR) is 70.2 cm³/mol. The molecule has 2 aliphatic heterocycles. The Labute approximate surface area is 109 Å². The Hall–Kier alpha value is -0.870. The van der Waals surface area contributed by atoms with Crippen LogP contribution in [0.4, 0.5) is 0 Å². The van der Waals surface area contributed by atoms with E-state index >= 15 is 0 Å². The maximum atomic E-state index is 6.11. The van der Waals surface area contributed by atoms with E-state index in [0.717, 1.165) is 13.2 Å². The van der Waals surface area contributed by atoms with Gasteiger partial charge in [0.25, 0.3) is 0 Å². The number of rotatable bonds is 2. The molecule has 0 spiro atoms. The lowest BCUT2D eigenvalue weighted by molar-refractivity contribution is -0.0607. The van der Waals surface area contributed by atoms with Gasteiger partial charge in [0.05, 0.1) is 29.6 Å². The lowest BCUT2D eigenvalue weighted by Crippen LogP contribution is -2.42. The predicted octanol–water partition coefficient (Wildman–Crippen LogP) is 2.04. The summed E-state index contributed by atoms with van der Waals surface area (Å²) < 4.78 is 8.13. The van der Waals surface area contributed by atoms with Crippen LogP contribution in [-0.2, 0) is 23.9 Å². The minimum absolute atomic E-state index is 0.0754. The molecule has 1 aromatic rings. The van der Waals surface area contributed by atoms with Crippen LogP contribution in [0.1, 0.15) is 44.9 Å². The van der Waals surface area contributed by atoms with Crippen molar-refractivity contribution in [3.05, 3.63) is 17.5 Å². The molecule has 0 bridgehead atoms. The molecule has 0 N–H and O–H groups in total. The summed E-state index contributed by atoms with van der Waals surface area (Å²) in [5, 5.41) is 4.42. The molecule has 0 aliphatic carbocycles. The highest BCUT2D eigenvalue weighted by molar-refractivity contribution is 5.34. The molecule has 1 fully saturated rings. The van der Waals surface area contributed by atoms with Crippen LogP contribution in [0.3, 0.4) is 0 Å². The second kappa shape index (κ2) is 3.81. The summed E-state index contributed by atoms with van der Waals surface area (Å²) in [7, 11) is 2.04. The number of nitrogens with zero attached hydrogens (tertiary/aromatic N) is 3. The molecule has 4 heteroatoms. The van der Waals surface area contributed by atoms with Crippen LogP contribution in [0, 0.1) is 0 Å². The number of hydrogen-bond acceptors (Lipinski definition) is 3. The van der Waals surface area contributed by atoms with Gasteiger partial charge in [-0.25, -0.2) is 0 Å². The van der Waals surface area contributed by atoms with Gasteiger partial charge in [-0.3, -0.25) is 9.58 Å². The Morgan fingerprint density at radius 2 is 2.22 bits per heavy atom. The molecule has 1 atom stereocenters.